The van der Waals surface area contributed by atoms with E-state index in [1.807, 2.05) is 0 Å². The molecule has 0 amide bonds. The number of rotatable bonds is 2. The Morgan fingerprint density at radius 3 is 1.72 bits per heavy atom. The van der Waals surface area contributed by atoms with Crippen molar-refractivity contribution in [3.05, 3.63) is 108 Å². The molecular formula is C34H38N2. The van der Waals surface area contributed by atoms with Gasteiger partial charge in [-0.3, -0.25) is 0 Å². The molecule has 0 radical (unpaired) electrons. The lowest BCUT2D eigenvalue weighted by atomic mass is 9.87. The van der Waals surface area contributed by atoms with E-state index in [0.717, 1.165) is 25.9 Å². The normalized spacial score (nSPS) is 18.7. The Kier molecular flexibility index (Phi) is 6.83. The van der Waals surface area contributed by atoms with Gasteiger partial charge in [-0.05, 0) is 103 Å². The minimum atomic E-state index is 0.110. The minimum Gasteiger partial charge on any atom is -0.308 e. The van der Waals surface area contributed by atoms with Crippen molar-refractivity contribution >= 4 is 32.7 Å². The Bertz CT molecular complexity index is 1440. The lowest BCUT2D eigenvalue weighted by molar-refractivity contribution is 0.406. The molecule has 2 aliphatic heterocycles. The summed E-state index contributed by atoms with van der Waals surface area (Å²) < 4.78 is 0. The van der Waals surface area contributed by atoms with Gasteiger partial charge in [0.1, 0.15) is 0 Å². The second-order valence-corrected chi connectivity index (χ2v) is 11.4. The van der Waals surface area contributed by atoms with Crippen molar-refractivity contribution in [3.8, 4) is 0 Å². The molecule has 4 aromatic rings. The Morgan fingerprint density at radius 1 is 0.611 bits per heavy atom. The number of hydrogen-bond donors (Lipinski definition) is 2. The van der Waals surface area contributed by atoms with Crippen LogP contribution in [0.1, 0.15) is 51.7 Å². The van der Waals surface area contributed by atoms with Crippen LogP contribution in [0.15, 0.2) is 97.1 Å². The van der Waals surface area contributed by atoms with E-state index in [1.54, 1.807) is 0 Å². The molecule has 0 atom stereocenters. The van der Waals surface area contributed by atoms with Crippen molar-refractivity contribution in [1.29, 1.82) is 0 Å². The number of benzene rings is 4. The van der Waals surface area contributed by atoms with Crippen LogP contribution in [-0.2, 0) is 0 Å². The van der Waals surface area contributed by atoms with E-state index >= 15 is 0 Å². The summed E-state index contributed by atoms with van der Waals surface area (Å²) in [5.41, 5.74) is 5.97. The predicted octanol–water partition coefficient (Wildman–Crippen LogP) is 7.99. The molecule has 0 unspecified atom stereocenters. The summed E-state index contributed by atoms with van der Waals surface area (Å²) in [5, 5.41) is 12.3. The van der Waals surface area contributed by atoms with Crippen molar-refractivity contribution < 1.29 is 0 Å². The molecule has 0 fully saturated rings. The van der Waals surface area contributed by atoms with Gasteiger partial charge in [0.2, 0.25) is 0 Å². The van der Waals surface area contributed by atoms with Crippen LogP contribution in [0.2, 0.25) is 0 Å². The van der Waals surface area contributed by atoms with Gasteiger partial charge in [0.15, 0.2) is 0 Å². The summed E-state index contributed by atoms with van der Waals surface area (Å²) in [5.74, 6) is 0. The van der Waals surface area contributed by atoms with Gasteiger partial charge >= 0.3 is 0 Å². The fraction of sp³-hybridized carbons (Fsp3) is 0.294. The fourth-order valence-electron chi connectivity index (χ4n) is 5.37. The highest BCUT2D eigenvalue weighted by molar-refractivity contribution is 5.87. The maximum atomic E-state index is 3.52. The van der Waals surface area contributed by atoms with E-state index in [0.29, 0.717) is 0 Å². The van der Waals surface area contributed by atoms with Gasteiger partial charge in [-0.2, -0.15) is 0 Å². The zero-order chi connectivity index (χ0) is 25.2. The first-order chi connectivity index (χ1) is 17.3. The van der Waals surface area contributed by atoms with Gasteiger partial charge in [-0.25, -0.2) is 0 Å². The van der Waals surface area contributed by atoms with Crippen LogP contribution < -0.4 is 10.6 Å². The topological polar surface area (TPSA) is 24.1 Å². The molecule has 2 heteroatoms. The third kappa shape index (κ3) is 5.78. The Hall–Kier alpha value is -3.20. The van der Waals surface area contributed by atoms with E-state index in [9.17, 15) is 0 Å². The van der Waals surface area contributed by atoms with E-state index < -0.39 is 0 Å². The van der Waals surface area contributed by atoms with Crippen molar-refractivity contribution in [2.45, 2.75) is 51.6 Å². The van der Waals surface area contributed by atoms with Crippen LogP contribution in [0.25, 0.3) is 32.7 Å². The van der Waals surface area contributed by atoms with Gasteiger partial charge in [-0.1, -0.05) is 84.9 Å². The Balaban J connectivity index is 0.000000148. The van der Waals surface area contributed by atoms with Crippen molar-refractivity contribution in [2.24, 2.45) is 0 Å². The molecule has 184 valence electrons. The first-order valence-corrected chi connectivity index (χ1v) is 13.2. The van der Waals surface area contributed by atoms with Gasteiger partial charge in [0, 0.05) is 17.6 Å². The molecule has 0 aliphatic carbocycles. The van der Waals surface area contributed by atoms with E-state index in [2.05, 4.69) is 135 Å². The average Bonchev–Trinajstić information content (AvgIpc) is 2.87. The Morgan fingerprint density at radius 2 is 1.17 bits per heavy atom. The first kappa shape index (κ1) is 24.5. The summed E-state index contributed by atoms with van der Waals surface area (Å²) in [6, 6.07) is 30.7. The zero-order valence-corrected chi connectivity index (χ0v) is 22.1. The number of hydrogen-bond acceptors (Lipinski definition) is 2. The summed E-state index contributed by atoms with van der Waals surface area (Å²) >= 11 is 0. The second kappa shape index (κ2) is 10.0. The molecule has 2 heterocycles. The molecule has 6 rings (SSSR count). The minimum absolute atomic E-state index is 0.110. The highest BCUT2D eigenvalue weighted by Gasteiger charge is 2.22. The molecular weight excluding hydrogens is 436 g/mol. The first-order valence-electron chi connectivity index (χ1n) is 13.2. The van der Waals surface area contributed by atoms with Crippen LogP contribution in [0.5, 0.6) is 0 Å². The van der Waals surface area contributed by atoms with Gasteiger partial charge in [0.25, 0.3) is 0 Å². The highest BCUT2D eigenvalue weighted by Crippen LogP contribution is 2.30. The van der Waals surface area contributed by atoms with Crippen LogP contribution in [0.3, 0.4) is 0 Å². The third-order valence-electron chi connectivity index (χ3n) is 7.31. The van der Waals surface area contributed by atoms with Crippen LogP contribution in [0, 0.1) is 0 Å². The molecule has 0 bridgehead atoms. The molecule has 0 saturated heterocycles. The number of nitrogens with one attached hydrogen (secondary N) is 2. The monoisotopic (exact) mass is 474 g/mol. The van der Waals surface area contributed by atoms with E-state index in [-0.39, 0.29) is 11.1 Å². The van der Waals surface area contributed by atoms with Crippen LogP contribution in [0.4, 0.5) is 0 Å². The molecule has 0 spiro atoms. The third-order valence-corrected chi connectivity index (χ3v) is 7.31. The summed E-state index contributed by atoms with van der Waals surface area (Å²) in [4.78, 5) is 0. The van der Waals surface area contributed by atoms with Crippen LogP contribution >= 0.6 is 0 Å². The van der Waals surface area contributed by atoms with Crippen LogP contribution in [-0.4, -0.2) is 24.2 Å². The van der Waals surface area contributed by atoms with Crippen molar-refractivity contribution in [3.63, 3.8) is 0 Å². The molecule has 4 aromatic carbocycles. The molecule has 0 saturated carbocycles. The lowest BCUT2D eigenvalue weighted by Crippen LogP contribution is -2.42. The molecule has 2 aliphatic rings. The summed E-state index contributed by atoms with van der Waals surface area (Å²) in [7, 11) is 0. The average molecular weight is 475 g/mol. The van der Waals surface area contributed by atoms with Crippen molar-refractivity contribution in [1.82, 2.24) is 10.6 Å². The molecule has 2 N–H and O–H groups in total. The lowest BCUT2D eigenvalue weighted by Gasteiger charge is -2.31. The van der Waals surface area contributed by atoms with Gasteiger partial charge in [-0.15, -0.1) is 0 Å². The maximum Gasteiger partial charge on any atom is 0.0313 e. The zero-order valence-electron chi connectivity index (χ0n) is 22.1. The summed E-state index contributed by atoms with van der Waals surface area (Å²) in [6.45, 7) is 11.0. The van der Waals surface area contributed by atoms with Gasteiger partial charge in [0.05, 0.1) is 0 Å². The van der Waals surface area contributed by atoms with E-state index in [4.69, 9.17) is 0 Å². The second-order valence-electron chi connectivity index (χ2n) is 11.4. The smallest absolute Gasteiger partial charge is 0.0313 e. The standard InChI is InChI=1S/2C17H19N/c2*1-17(2)12-16(9-10-18-17)15-8-7-13-5-3-4-6-14(13)11-15/h3-8,11-12,18H,9-10H2,1-2H3;3-9,11,18H,10,12H2,1-2H3. The van der Waals surface area contributed by atoms with Gasteiger partial charge < -0.3 is 10.6 Å². The SMILES string of the molecule is CC1(C)C=C(c2ccc3ccccc3c2)CCN1.CC1(C)CC(c2ccc3ccccc3c2)=CCN1. The fourth-order valence-corrected chi connectivity index (χ4v) is 5.37. The van der Waals surface area contributed by atoms with Crippen molar-refractivity contribution in [2.75, 3.05) is 13.1 Å². The largest absolute Gasteiger partial charge is 0.308 e. The molecule has 36 heavy (non-hydrogen) atoms. The molecule has 0 aromatic heterocycles. The summed E-state index contributed by atoms with van der Waals surface area (Å²) in [6.07, 6.45) is 6.88. The maximum absolute atomic E-state index is 3.52. The quantitative estimate of drug-likeness (QED) is 0.308. The van der Waals surface area contributed by atoms with E-state index in [1.165, 1.54) is 43.8 Å². The number of fused-ring (bicyclic) bond motifs is 2. The molecule has 2 nitrogen and oxygen atoms in total. The highest BCUT2D eigenvalue weighted by atomic mass is 15.0. The Labute approximate surface area is 216 Å². The predicted molar refractivity (Wildman–Crippen MR) is 157 cm³/mol.